The molecule has 4 rings (SSSR count). The standard InChI is InChI=1S/C8H8F3N3.C2H6/c9-8(10,11)6-3-7(4-6,5-6)14-2-1-12-13-14;1-2/h1-2H,3-5H2;1-2H3. The van der Waals surface area contributed by atoms with Gasteiger partial charge in [-0.25, -0.2) is 4.68 Å². The Morgan fingerprint density at radius 2 is 1.75 bits per heavy atom. The van der Waals surface area contributed by atoms with Gasteiger partial charge < -0.3 is 0 Å². The summed E-state index contributed by atoms with van der Waals surface area (Å²) >= 11 is 0. The number of hydrogen-bond acceptors (Lipinski definition) is 2. The summed E-state index contributed by atoms with van der Waals surface area (Å²) in [7, 11) is 0. The fourth-order valence-corrected chi connectivity index (χ4v) is 2.74. The molecular formula is C10H14F3N3. The summed E-state index contributed by atoms with van der Waals surface area (Å²) in [5.41, 5.74) is -1.77. The summed E-state index contributed by atoms with van der Waals surface area (Å²) in [6, 6.07) is 0. The first-order chi connectivity index (χ1) is 7.48. The number of rotatable bonds is 1. The average Bonchev–Trinajstić information content (AvgIpc) is 2.53. The van der Waals surface area contributed by atoms with Gasteiger partial charge in [0.2, 0.25) is 0 Å². The number of nitrogens with zero attached hydrogens (tertiary/aromatic N) is 3. The Morgan fingerprint density at radius 1 is 1.19 bits per heavy atom. The molecule has 16 heavy (non-hydrogen) atoms. The largest absolute Gasteiger partial charge is 0.394 e. The first kappa shape index (κ1) is 11.4. The molecule has 0 radical (unpaired) electrons. The molecule has 3 fully saturated rings. The zero-order valence-corrected chi connectivity index (χ0v) is 9.25. The van der Waals surface area contributed by atoms with Gasteiger partial charge in [-0.15, -0.1) is 5.10 Å². The molecule has 0 spiro atoms. The lowest BCUT2D eigenvalue weighted by Gasteiger charge is -2.69. The van der Waals surface area contributed by atoms with E-state index >= 15 is 0 Å². The van der Waals surface area contributed by atoms with E-state index in [9.17, 15) is 13.2 Å². The molecule has 1 aromatic rings. The summed E-state index contributed by atoms with van der Waals surface area (Å²) in [4.78, 5) is 0. The van der Waals surface area contributed by atoms with E-state index in [0.717, 1.165) is 0 Å². The van der Waals surface area contributed by atoms with Crippen LogP contribution in [0.4, 0.5) is 13.2 Å². The van der Waals surface area contributed by atoms with Crippen molar-refractivity contribution in [3.63, 3.8) is 0 Å². The molecule has 3 aliphatic carbocycles. The molecular weight excluding hydrogens is 219 g/mol. The van der Waals surface area contributed by atoms with Gasteiger partial charge in [-0.2, -0.15) is 13.2 Å². The molecule has 3 aliphatic rings. The molecule has 2 bridgehead atoms. The van der Waals surface area contributed by atoms with Crippen LogP contribution in [0, 0.1) is 5.41 Å². The van der Waals surface area contributed by atoms with Crippen LogP contribution in [0.1, 0.15) is 33.1 Å². The lowest BCUT2D eigenvalue weighted by Crippen LogP contribution is -2.73. The predicted molar refractivity (Wildman–Crippen MR) is 51.7 cm³/mol. The minimum Gasteiger partial charge on any atom is -0.246 e. The van der Waals surface area contributed by atoms with E-state index in [1.165, 1.54) is 6.20 Å². The highest BCUT2D eigenvalue weighted by Crippen LogP contribution is 2.76. The summed E-state index contributed by atoms with van der Waals surface area (Å²) in [6.45, 7) is 4.00. The molecule has 0 aliphatic heterocycles. The van der Waals surface area contributed by atoms with Gasteiger partial charge in [0.05, 0.1) is 17.2 Å². The second-order valence-corrected chi connectivity index (χ2v) is 4.38. The monoisotopic (exact) mass is 233 g/mol. The molecule has 0 aromatic carbocycles. The molecule has 0 saturated heterocycles. The molecule has 0 atom stereocenters. The van der Waals surface area contributed by atoms with Crippen LogP contribution >= 0.6 is 0 Å². The SMILES string of the molecule is CC.FC(F)(F)C12CC(n3ccnn3)(C1)C2. The summed E-state index contributed by atoms with van der Waals surface area (Å²) < 4.78 is 39.0. The highest BCUT2D eigenvalue weighted by atomic mass is 19.4. The second-order valence-electron chi connectivity index (χ2n) is 4.38. The van der Waals surface area contributed by atoms with Crippen LogP contribution in [0.25, 0.3) is 0 Å². The minimum atomic E-state index is -4.05. The van der Waals surface area contributed by atoms with Crippen LogP contribution in [-0.2, 0) is 5.54 Å². The fraction of sp³-hybridized carbons (Fsp3) is 0.800. The Labute approximate surface area is 91.6 Å². The van der Waals surface area contributed by atoms with Crippen molar-refractivity contribution in [3.05, 3.63) is 12.4 Å². The highest BCUT2D eigenvalue weighted by molar-refractivity contribution is 5.22. The van der Waals surface area contributed by atoms with Gasteiger partial charge in [-0.05, 0) is 19.3 Å². The molecule has 3 saturated carbocycles. The molecule has 0 amide bonds. The second kappa shape index (κ2) is 3.21. The minimum absolute atomic E-state index is 0.173. The maximum absolute atomic E-state index is 12.5. The van der Waals surface area contributed by atoms with E-state index in [1.54, 1.807) is 10.9 Å². The molecule has 0 unspecified atom stereocenters. The molecule has 1 heterocycles. The van der Waals surface area contributed by atoms with Gasteiger partial charge in [0.15, 0.2) is 0 Å². The normalized spacial score (nSPS) is 35.6. The van der Waals surface area contributed by atoms with Crippen LogP contribution in [-0.4, -0.2) is 21.2 Å². The van der Waals surface area contributed by atoms with Gasteiger partial charge in [-0.3, -0.25) is 0 Å². The van der Waals surface area contributed by atoms with Crippen molar-refractivity contribution in [1.82, 2.24) is 15.0 Å². The zero-order chi connectivity index (χ0) is 12.0. The van der Waals surface area contributed by atoms with Crippen LogP contribution < -0.4 is 0 Å². The number of alkyl halides is 3. The first-order valence-corrected chi connectivity index (χ1v) is 5.41. The van der Waals surface area contributed by atoms with Crippen LogP contribution in [0.15, 0.2) is 12.4 Å². The van der Waals surface area contributed by atoms with E-state index in [1.807, 2.05) is 13.8 Å². The Bertz CT molecular complexity index is 349. The van der Waals surface area contributed by atoms with Crippen LogP contribution in [0.5, 0.6) is 0 Å². The van der Waals surface area contributed by atoms with E-state index in [0.29, 0.717) is 0 Å². The van der Waals surface area contributed by atoms with Crippen molar-refractivity contribution < 1.29 is 13.2 Å². The van der Waals surface area contributed by atoms with Gasteiger partial charge in [0.25, 0.3) is 0 Å². The maximum atomic E-state index is 12.5. The number of aromatic nitrogens is 3. The third kappa shape index (κ3) is 1.21. The Morgan fingerprint density at radius 3 is 2.12 bits per heavy atom. The third-order valence-corrected chi connectivity index (χ3v) is 3.51. The first-order valence-electron chi connectivity index (χ1n) is 5.41. The molecule has 1 aromatic heterocycles. The van der Waals surface area contributed by atoms with E-state index < -0.39 is 11.6 Å². The maximum Gasteiger partial charge on any atom is 0.394 e. The third-order valence-electron chi connectivity index (χ3n) is 3.51. The van der Waals surface area contributed by atoms with Crippen LogP contribution in [0.2, 0.25) is 0 Å². The van der Waals surface area contributed by atoms with Gasteiger partial charge in [-0.1, -0.05) is 19.1 Å². The number of halogens is 3. The van der Waals surface area contributed by atoms with Crippen molar-refractivity contribution in [2.24, 2.45) is 5.41 Å². The van der Waals surface area contributed by atoms with E-state index in [-0.39, 0.29) is 24.8 Å². The Kier molecular flexibility index (Phi) is 2.29. The van der Waals surface area contributed by atoms with Crippen molar-refractivity contribution >= 4 is 0 Å². The molecule has 6 heteroatoms. The number of hydrogen-bond donors (Lipinski definition) is 0. The van der Waals surface area contributed by atoms with Crippen molar-refractivity contribution in [3.8, 4) is 0 Å². The average molecular weight is 233 g/mol. The fourth-order valence-electron chi connectivity index (χ4n) is 2.74. The highest BCUT2D eigenvalue weighted by Gasteiger charge is 2.79. The Balaban J connectivity index is 0.000000457. The zero-order valence-electron chi connectivity index (χ0n) is 9.25. The molecule has 3 nitrogen and oxygen atoms in total. The van der Waals surface area contributed by atoms with Crippen molar-refractivity contribution in [1.29, 1.82) is 0 Å². The molecule has 90 valence electrons. The molecule has 0 N–H and O–H groups in total. The quantitative estimate of drug-likeness (QED) is 0.746. The van der Waals surface area contributed by atoms with Gasteiger partial charge >= 0.3 is 6.18 Å². The summed E-state index contributed by atoms with van der Waals surface area (Å²) in [6.07, 6.45) is -0.387. The van der Waals surface area contributed by atoms with E-state index in [4.69, 9.17) is 0 Å². The smallest absolute Gasteiger partial charge is 0.246 e. The predicted octanol–water partition coefficient (Wildman–Crippen LogP) is 2.75. The Hall–Kier alpha value is -1.07. The van der Waals surface area contributed by atoms with Crippen molar-refractivity contribution in [2.45, 2.75) is 44.8 Å². The van der Waals surface area contributed by atoms with E-state index in [2.05, 4.69) is 10.3 Å². The summed E-state index contributed by atoms with van der Waals surface area (Å²) in [5.74, 6) is 0. The topological polar surface area (TPSA) is 30.7 Å². The van der Waals surface area contributed by atoms with Gasteiger partial charge in [0.1, 0.15) is 0 Å². The lowest BCUT2D eigenvalue weighted by molar-refractivity contribution is -0.356. The summed E-state index contributed by atoms with van der Waals surface area (Å²) in [5, 5.41) is 7.37. The lowest BCUT2D eigenvalue weighted by atomic mass is 9.39. The van der Waals surface area contributed by atoms with Gasteiger partial charge in [0, 0.05) is 6.20 Å². The van der Waals surface area contributed by atoms with Crippen LogP contribution in [0.3, 0.4) is 0 Å². The van der Waals surface area contributed by atoms with Crippen molar-refractivity contribution in [2.75, 3.05) is 0 Å².